The van der Waals surface area contributed by atoms with Gasteiger partial charge in [0.05, 0.1) is 24.1 Å². The van der Waals surface area contributed by atoms with E-state index in [0.717, 1.165) is 12.8 Å². The minimum atomic E-state index is -1.12. The highest BCUT2D eigenvalue weighted by Crippen LogP contribution is 2.41. The molecule has 0 radical (unpaired) electrons. The maximum Gasteiger partial charge on any atom is 0.108 e. The van der Waals surface area contributed by atoms with Crippen LogP contribution < -0.4 is 0 Å². The van der Waals surface area contributed by atoms with E-state index in [2.05, 4.69) is 0 Å². The highest BCUT2D eigenvalue weighted by molar-refractivity contribution is 8.00. The molecule has 0 aromatic heterocycles. The Morgan fingerprint density at radius 2 is 1.53 bits per heavy atom. The average Bonchev–Trinajstić information content (AvgIpc) is 2.37. The van der Waals surface area contributed by atoms with E-state index in [1.54, 1.807) is 0 Å². The first kappa shape index (κ1) is 13.6. The van der Waals surface area contributed by atoms with Crippen molar-refractivity contribution in [1.29, 1.82) is 0 Å². The third-order valence-corrected chi connectivity index (χ3v) is 5.80. The predicted molar refractivity (Wildman–Crippen MR) is 66.8 cm³/mol. The lowest BCUT2D eigenvalue weighted by atomic mass is 9.83. The molecule has 5 heteroatoms. The van der Waals surface area contributed by atoms with E-state index in [1.807, 2.05) is 0 Å². The number of thioether (sulfide) groups is 1. The first-order chi connectivity index (χ1) is 8.15. The number of aliphatic hydroxyl groups excluding tert-OH is 4. The van der Waals surface area contributed by atoms with Crippen LogP contribution in [0, 0.1) is 5.92 Å². The number of aliphatic hydroxyl groups is 4. The fourth-order valence-electron chi connectivity index (χ4n) is 2.98. The maximum atomic E-state index is 10.1. The molecule has 0 amide bonds. The van der Waals surface area contributed by atoms with Crippen LogP contribution in [0.1, 0.15) is 32.1 Å². The average molecular weight is 262 g/mol. The van der Waals surface area contributed by atoms with Crippen molar-refractivity contribution in [1.82, 2.24) is 0 Å². The van der Waals surface area contributed by atoms with Crippen LogP contribution >= 0.6 is 11.8 Å². The lowest BCUT2D eigenvalue weighted by Gasteiger charge is -2.43. The Hall–Kier alpha value is 0.190. The second-order valence-electron chi connectivity index (χ2n) is 5.19. The highest BCUT2D eigenvalue weighted by Gasteiger charge is 2.45. The SMILES string of the molecule is OC[C@@H]1S[C@H](C2CCCCC2)[C@H](O)[C@@H](O)[C@H]1O. The summed E-state index contributed by atoms with van der Waals surface area (Å²) in [5.41, 5.74) is 0. The molecular weight excluding hydrogens is 240 g/mol. The molecule has 0 aromatic rings. The van der Waals surface area contributed by atoms with Crippen LogP contribution in [0.4, 0.5) is 0 Å². The van der Waals surface area contributed by atoms with E-state index in [0.29, 0.717) is 5.92 Å². The molecule has 17 heavy (non-hydrogen) atoms. The second-order valence-corrected chi connectivity index (χ2v) is 6.61. The quantitative estimate of drug-likeness (QED) is 0.568. The van der Waals surface area contributed by atoms with Crippen LogP contribution in [0.2, 0.25) is 0 Å². The van der Waals surface area contributed by atoms with Crippen molar-refractivity contribution in [2.45, 2.75) is 60.9 Å². The van der Waals surface area contributed by atoms with Crippen LogP contribution in [-0.4, -0.2) is 55.8 Å². The van der Waals surface area contributed by atoms with Crippen molar-refractivity contribution in [3.05, 3.63) is 0 Å². The zero-order chi connectivity index (χ0) is 12.4. The van der Waals surface area contributed by atoms with Crippen LogP contribution in [0.25, 0.3) is 0 Å². The Morgan fingerprint density at radius 1 is 0.882 bits per heavy atom. The second kappa shape index (κ2) is 5.89. The molecule has 5 atom stereocenters. The van der Waals surface area contributed by atoms with Crippen molar-refractivity contribution < 1.29 is 20.4 Å². The van der Waals surface area contributed by atoms with E-state index in [1.165, 1.54) is 31.0 Å². The highest BCUT2D eigenvalue weighted by atomic mass is 32.2. The number of rotatable bonds is 2. The molecule has 100 valence electrons. The third-order valence-electron chi connectivity index (χ3n) is 4.04. The molecule has 1 saturated heterocycles. The van der Waals surface area contributed by atoms with Gasteiger partial charge in [0.2, 0.25) is 0 Å². The molecule has 2 rings (SSSR count). The van der Waals surface area contributed by atoms with Crippen LogP contribution in [0.15, 0.2) is 0 Å². The summed E-state index contributed by atoms with van der Waals surface area (Å²) in [5, 5.41) is 38.4. The molecule has 1 saturated carbocycles. The Bertz CT molecular complexity index is 241. The van der Waals surface area contributed by atoms with Crippen molar-refractivity contribution in [2.24, 2.45) is 5.92 Å². The van der Waals surface area contributed by atoms with Gasteiger partial charge in [0.1, 0.15) is 6.10 Å². The van der Waals surface area contributed by atoms with Crippen LogP contribution in [0.3, 0.4) is 0 Å². The molecule has 1 aliphatic carbocycles. The summed E-state index contributed by atoms with van der Waals surface area (Å²) in [6.45, 7) is -0.154. The maximum absolute atomic E-state index is 10.1. The fourth-order valence-corrected chi connectivity index (χ4v) is 4.61. The molecule has 1 heterocycles. The van der Waals surface area contributed by atoms with Gasteiger partial charge in [-0.1, -0.05) is 19.3 Å². The van der Waals surface area contributed by atoms with Gasteiger partial charge in [-0.2, -0.15) is 0 Å². The summed E-state index contributed by atoms with van der Waals surface area (Å²) in [6.07, 6.45) is 2.73. The summed E-state index contributed by atoms with van der Waals surface area (Å²) in [5.74, 6) is 0.403. The zero-order valence-electron chi connectivity index (χ0n) is 9.90. The molecular formula is C12H22O4S. The van der Waals surface area contributed by atoms with Crippen molar-refractivity contribution in [3.63, 3.8) is 0 Å². The van der Waals surface area contributed by atoms with Gasteiger partial charge in [-0.25, -0.2) is 0 Å². The summed E-state index contributed by atoms with van der Waals surface area (Å²) < 4.78 is 0. The number of hydrogen-bond acceptors (Lipinski definition) is 5. The Kier molecular flexibility index (Phi) is 4.72. The molecule has 0 spiro atoms. The van der Waals surface area contributed by atoms with E-state index in [9.17, 15) is 20.4 Å². The lowest BCUT2D eigenvalue weighted by molar-refractivity contribution is -0.0758. The summed E-state index contributed by atoms with van der Waals surface area (Å²) in [7, 11) is 0. The van der Waals surface area contributed by atoms with Gasteiger partial charge in [0, 0.05) is 5.25 Å². The first-order valence-corrected chi connectivity index (χ1v) is 7.40. The van der Waals surface area contributed by atoms with Crippen molar-refractivity contribution in [2.75, 3.05) is 6.61 Å². The van der Waals surface area contributed by atoms with Gasteiger partial charge in [0.25, 0.3) is 0 Å². The van der Waals surface area contributed by atoms with Gasteiger partial charge < -0.3 is 20.4 Å². The lowest BCUT2D eigenvalue weighted by Crippen LogP contribution is -2.55. The normalized spacial score (nSPS) is 44.8. The van der Waals surface area contributed by atoms with Gasteiger partial charge in [0.15, 0.2) is 0 Å². The van der Waals surface area contributed by atoms with E-state index >= 15 is 0 Å². The molecule has 4 N–H and O–H groups in total. The molecule has 0 unspecified atom stereocenters. The minimum absolute atomic E-state index is 0.0501. The van der Waals surface area contributed by atoms with Gasteiger partial charge in [-0.3, -0.25) is 0 Å². The number of hydrogen-bond donors (Lipinski definition) is 4. The topological polar surface area (TPSA) is 80.9 Å². The van der Waals surface area contributed by atoms with Gasteiger partial charge in [-0.15, -0.1) is 11.8 Å². The monoisotopic (exact) mass is 262 g/mol. The predicted octanol–water partition coefficient (Wildman–Crippen LogP) is 0.126. The van der Waals surface area contributed by atoms with Crippen LogP contribution in [0.5, 0.6) is 0 Å². The smallest absolute Gasteiger partial charge is 0.108 e. The Balaban J connectivity index is 2.04. The molecule has 2 fully saturated rings. The molecule has 0 aromatic carbocycles. The Morgan fingerprint density at radius 3 is 2.12 bits per heavy atom. The zero-order valence-corrected chi connectivity index (χ0v) is 10.7. The van der Waals surface area contributed by atoms with Crippen molar-refractivity contribution >= 4 is 11.8 Å². The molecule has 4 nitrogen and oxygen atoms in total. The van der Waals surface area contributed by atoms with E-state index in [4.69, 9.17) is 0 Å². The molecule has 0 bridgehead atoms. The van der Waals surface area contributed by atoms with Gasteiger partial charge >= 0.3 is 0 Å². The van der Waals surface area contributed by atoms with E-state index < -0.39 is 18.3 Å². The first-order valence-electron chi connectivity index (χ1n) is 6.45. The fraction of sp³-hybridized carbons (Fsp3) is 1.00. The standard InChI is InChI=1S/C12H22O4S/c13-6-8-9(14)10(15)11(16)12(17-8)7-4-2-1-3-5-7/h7-16H,1-6H2/t8-,9-,10-,11+,12+/m0/s1. The van der Waals surface area contributed by atoms with Crippen LogP contribution in [-0.2, 0) is 0 Å². The minimum Gasteiger partial charge on any atom is -0.395 e. The summed E-state index contributed by atoms with van der Waals surface area (Å²) >= 11 is 1.45. The van der Waals surface area contributed by atoms with Gasteiger partial charge in [-0.05, 0) is 18.8 Å². The Labute approximate surface area is 106 Å². The summed E-state index contributed by atoms with van der Waals surface area (Å²) in [6, 6.07) is 0. The summed E-state index contributed by atoms with van der Waals surface area (Å²) in [4.78, 5) is 0. The molecule has 1 aliphatic heterocycles. The van der Waals surface area contributed by atoms with E-state index in [-0.39, 0.29) is 17.1 Å². The van der Waals surface area contributed by atoms with Crippen molar-refractivity contribution in [3.8, 4) is 0 Å². The molecule has 2 aliphatic rings. The third kappa shape index (κ3) is 2.79. The largest absolute Gasteiger partial charge is 0.395 e.